The van der Waals surface area contributed by atoms with E-state index in [1.807, 2.05) is 12.4 Å². The lowest BCUT2D eigenvalue weighted by Crippen LogP contribution is -2.18. The van der Waals surface area contributed by atoms with E-state index in [-0.39, 0.29) is 0 Å². The number of nitrogens with zero attached hydrogens (tertiary/aromatic N) is 2. The number of rotatable bonds is 12. The van der Waals surface area contributed by atoms with Crippen molar-refractivity contribution in [1.82, 2.24) is 9.97 Å². The summed E-state index contributed by atoms with van der Waals surface area (Å²) < 4.78 is 0. The van der Waals surface area contributed by atoms with Crippen molar-refractivity contribution in [2.24, 2.45) is 11.8 Å². The molecule has 0 aromatic carbocycles. The molecule has 2 aromatic heterocycles. The number of aromatic nitrogens is 2. The molecule has 0 N–H and O–H groups in total. The Labute approximate surface area is 227 Å². The summed E-state index contributed by atoms with van der Waals surface area (Å²) in [6, 6.07) is 4.19. The summed E-state index contributed by atoms with van der Waals surface area (Å²) >= 11 is 13.1. The second kappa shape index (κ2) is 14.5. The molecular weight excluding hydrogens is 487 g/mol. The van der Waals surface area contributed by atoms with Crippen molar-refractivity contribution in [3.8, 4) is 0 Å². The molecule has 4 rings (SSSR count). The van der Waals surface area contributed by atoms with Gasteiger partial charge in [0.05, 0.1) is 10.0 Å². The largest absolute Gasteiger partial charge is 0.300 e. The third kappa shape index (κ3) is 7.78. The number of Topliss-reactive ketones (excluding diaryl/α,β-unsaturated/α-hetero) is 1. The minimum absolute atomic E-state index is 0.404. The monoisotopic (exact) mass is 528 g/mol. The van der Waals surface area contributed by atoms with E-state index < -0.39 is 0 Å². The van der Waals surface area contributed by atoms with Crippen molar-refractivity contribution in [3.63, 3.8) is 0 Å². The minimum atomic E-state index is 0.404. The van der Waals surface area contributed by atoms with Gasteiger partial charge in [-0.25, -0.2) is 0 Å². The van der Waals surface area contributed by atoms with Crippen molar-refractivity contribution < 1.29 is 4.79 Å². The molecule has 0 radical (unpaired) electrons. The second-order valence-corrected chi connectivity index (χ2v) is 11.9. The van der Waals surface area contributed by atoms with Gasteiger partial charge in [0.2, 0.25) is 0 Å². The smallest absolute Gasteiger partial charge is 0.132 e. The highest BCUT2D eigenvalue weighted by molar-refractivity contribution is 6.31. The van der Waals surface area contributed by atoms with Crippen LogP contribution >= 0.6 is 23.2 Å². The molecule has 3 nitrogen and oxygen atoms in total. The Balaban J connectivity index is 1.29. The van der Waals surface area contributed by atoms with Crippen LogP contribution in [-0.2, 0) is 4.79 Å². The van der Waals surface area contributed by atoms with Gasteiger partial charge in [-0.05, 0) is 98.3 Å². The first-order valence-corrected chi connectivity index (χ1v) is 15.1. The van der Waals surface area contributed by atoms with Gasteiger partial charge in [0.1, 0.15) is 5.78 Å². The number of hydrogen-bond donors (Lipinski definition) is 0. The zero-order valence-corrected chi connectivity index (χ0v) is 23.2. The van der Waals surface area contributed by atoms with Crippen molar-refractivity contribution >= 4 is 29.0 Å². The van der Waals surface area contributed by atoms with E-state index in [2.05, 4.69) is 22.1 Å². The molecule has 2 aliphatic rings. The summed E-state index contributed by atoms with van der Waals surface area (Å²) in [5.74, 6) is 2.64. The predicted molar refractivity (Wildman–Crippen MR) is 150 cm³/mol. The highest BCUT2D eigenvalue weighted by Crippen LogP contribution is 2.42. The third-order valence-electron chi connectivity index (χ3n) is 8.79. The van der Waals surface area contributed by atoms with Crippen LogP contribution < -0.4 is 0 Å². The molecule has 2 aliphatic carbocycles. The molecule has 0 saturated heterocycles. The van der Waals surface area contributed by atoms with Crippen LogP contribution in [0.1, 0.15) is 126 Å². The molecule has 2 saturated carbocycles. The van der Waals surface area contributed by atoms with E-state index in [0.717, 1.165) is 35.7 Å². The van der Waals surface area contributed by atoms with Crippen molar-refractivity contribution in [1.29, 1.82) is 0 Å². The first-order valence-electron chi connectivity index (χ1n) is 14.3. The van der Waals surface area contributed by atoms with Gasteiger partial charge in [-0.1, -0.05) is 61.7 Å². The van der Waals surface area contributed by atoms with Gasteiger partial charge in [0.15, 0.2) is 0 Å². The van der Waals surface area contributed by atoms with E-state index >= 15 is 0 Å². The number of ketones is 1. The average Bonchev–Trinajstić information content (AvgIpc) is 2.91. The van der Waals surface area contributed by atoms with E-state index in [9.17, 15) is 4.79 Å². The van der Waals surface area contributed by atoms with Crippen LogP contribution in [0, 0.1) is 11.8 Å². The standard InChI is InChI=1S/C31H42Cl2N2O/c32-30-21-34-19-17-28(30)26(23-9-3-1-4-10-23)15-7-13-25(36)14-8-16-27(24-11-5-2-6-12-24)29-18-20-35-22-31(29)33/h17-24,26-27H,1-16H2. The number of carbonyl (C=O) groups excluding carboxylic acids is 1. The maximum absolute atomic E-state index is 12.9. The molecule has 0 aliphatic heterocycles. The van der Waals surface area contributed by atoms with Crippen LogP contribution in [0.4, 0.5) is 0 Å². The molecule has 2 aromatic rings. The van der Waals surface area contributed by atoms with Gasteiger partial charge in [0.25, 0.3) is 0 Å². The van der Waals surface area contributed by atoms with Gasteiger partial charge in [-0.3, -0.25) is 14.8 Å². The van der Waals surface area contributed by atoms with Crippen LogP contribution in [-0.4, -0.2) is 15.8 Å². The molecule has 2 heterocycles. The normalized spacial score (nSPS) is 19.2. The third-order valence-corrected chi connectivity index (χ3v) is 9.42. The van der Waals surface area contributed by atoms with Gasteiger partial charge in [-0.2, -0.15) is 0 Å². The molecule has 36 heavy (non-hydrogen) atoms. The summed E-state index contributed by atoms with van der Waals surface area (Å²) in [4.78, 5) is 21.3. The molecule has 0 bridgehead atoms. The quantitative estimate of drug-likeness (QED) is 0.275. The fourth-order valence-corrected chi connectivity index (χ4v) is 7.42. The van der Waals surface area contributed by atoms with Crippen molar-refractivity contribution in [2.45, 2.75) is 115 Å². The second-order valence-electron chi connectivity index (χ2n) is 11.1. The highest BCUT2D eigenvalue weighted by atomic mass is 35.5. The maximum atomic E-state index is 12.9. The van der Waals surface area contributed by atoms with Crippen molar-refractivity contribution in [2.75, 3.05) is 0 Å². The Bertz CT molecular complexity index is 878. The topological polar surface area (TPSA) is 42.9 Å². The van der Waals surface area contributed by atoms with Crippen LogP contribution in [0.3, 0.4) is 0 Å². The SMILES string of the molecule is O=C(CCCC(c1ccncc1Cl)C1CCCCC1)CCCC(c1ccncc1Cl)C1CCCCC1. The molecular formula is C31H42Cl2N2O. The summed E-state index contributed by atoms with van der Waals surface area (Å²) in [7, 11) is 0. The van der Waals surface area contributed by atoms with E-state index in [1.54, 1.807) is 12.4 Å². The summed E-state index contributed by atoms with van der Waals surface area (Å²) in [6.45, 7) is 0. The molecule has 2 fully saturated rings. The Kier molecular flexibility index (Phi) is 11.1. The summed E-state index contributed by atoms with van der Waals surface area (Å²) in [5.41, 5.74) is 2.46. The van der Waals surface area contributed by atoms with Crippen LogP contribution in [0.25, 0.3) is 0 Å². The highest BCUT2D eigenvalue weighted by Gasteiger charge is 2.28. The molecule has 2 unspecified atom stereocenters. The first kappa shape index (κ1) is 27.6. The van der Waals surface area contributed by atoms with Crippen molar-refractivity contribution in [3.05, 3.63) is 58.1 Å². The fraction of sp³-hybridized carbons (Fsp3) is 0.645. The van der Waals surface area contributed by atoms with Crippen LogP contribution in [0.2, 0.25) is 10.0 Å². The lowest BCUT2D eigenvalue weighted by atomic mass is 9.74. The first-order chi connectivity index (χ1) is 17.6. The number of pyridine rings is 2. The molecule has 196 valence electrons. The Morgan fingerprint density at radius 2 is 1.14 bits per heavy atom. The molecule has 5 heteroatoms. The predicted octanol–water partition coefficient (Wildman–Crippen LogP) is 9.72. The van der Waals surface area contributed by atoms with E-state index in [1.165, 1.54) is 75.3 Å². The van der Waals surface area contributed by atoms with Gasteiger partial charge < -0.3 is 0 Å². The summed E-state index contributed by atoms with van der Waals surface area (Å²) in [5, 5.41) is 1.56. The van der Waals surface area contributed by atoms with Gasteiger partial charge in [-0.15, -0.1) is 0 Å². The maximum Gasteiger partial charge on any atom is 0.132 e. The number of hydrogen-bond acceptors (Lipinski definition) is 3. The number of carbonyl (C=O) groups is 1. The fourth-order valence-electron chi connectivity index (χ4n) is 6.90. The average molecular weight is 530 g/mol. The van der Waals surface area contributed by atoms with Crippen LogP contribution in [0.15, 0.2) is 36.9 Å². The Morgan fingerprint density at radius 1 is 0.722 bits per heavy atom. The van der Waals surface area contributed by atoms with E-state index in [0.29, 0.717) is 42.3 Å². The van der Waals surface area contributed by atoms with E-state index in [4.69, 9.17) is 23.2 Å². The Morgan fingerprint density at radius 3 is 1.53 bits per heavy atom. The zero-order chi connectivity index (χ0) is 25.2. The molecule has 2 atom stereocenters. The molecule has 0 spiro atoms. The number of halogens is 2. The van der Waals surface area contributed by atoms with Crippen LogP contribution in [0.5, 0.6) is 0 Å². The van der Waals surface area contributed by atoms with Gasteiger partial charge >= 0.3 is 0 Å². The molecule has 0 amide bonds. The Hall–Kier alpha value is -1.45. The lowest BCUT2D eigenvalue weighted by Gasteiger charge is -2.31. The lowest BCUT2D eigenvalue weighted by molar-refractivity contribution is -0.119. The van der Waals surface area contributed by atoms with Gasteiger partial charge in [0, 0.05) is 37.6 Å². The minimum Gasteiger partial charge on any atom is -0.300 e. The summed E-state index contributed by atoms with van der Waals surface area (Å²) in [6.07, 6.45) is 25.6. The zero-order valence-electron chi connectivity index (χ0n) is 21.6.